The van der Waals surface area contributed by atoms with E-state index in [1.54, 1.807) is 18.4 Å². The molecule has 0 unspecified atom stereocenters. The first-order valence-electron chi connectivity index (χ1n) is 9.39. The standard InChI is InChI=1S/C21H21N5OS2/c1-4-26(5-2)21-23-18(14-9-7-6-8-10-14)19(29-21)24-25-20-22-16-12-11-15(27-3)13-17(16)28-20/h6-13H,4-5H2,1-3H3/b25-24+. The molecular weight excluding hydrogens is 402 g/mol. The highest BCUT2D eigenvalue weighted by Crippen LogP contribution is 2.41. The molecule has 0 amide bonds. The summed E-state index contributed by atoms with van der Waals surface area (Å²) in [6.07, 6.45) is 0. The number of ether oxygens (including phenoxy) is 1. The molecule has 0 radical (unpaired) electrons. The Hall–Kier alpha value is -2.84. The number of fused-ring (bicyclic) bond motifs is 1. The van der Waals surface area contributed by atoms with Crippen molar-refractivity contribution < 1.29 is 4.74 Å². The zero-order valence-electron chi connectivity index (χ0n) is 16.5. The Kier molecular flexibility index (Phi) is 5.82. The summed E-state index contributed by atoms with van der Waals surface area (Å²) in [5.74, 6) is 0.808. The van der Waals surface area contributed by atoms with Crippen molar-refractivity contribution in [3.63, 3.8) is 0 Å². The summed E-state index contributed by atoms with van der Waals surface area (Å²) in [5, 5.41) is 11.3. The molecule has 2 heterocycles. The lowest BCUT2D eigenvalue weighted by Gasteiger charge is -2.16. The summed E-state index contributed by atoms with van der Waals surface area (Å²) < 4.78 is 6.31. The van der Waals surface area contributed by atoms with Gasteiger partial charge in [0, 0.05) is 18.7 Å². The van der Waals surface area contributed by atoms with Gasteiger partial charge in [0.05, 0.1) is 17.3 Å². The second-order valence-electron chi connectivity index (χ2n) is 6.22. The first kappa shape index (κ1) is 19.5. The van der Waals surface area contributed by atoms with E-state index in [0.717, 1.165) is 50.4 Å². The number of hydrogen-bond acceptors (Lipinski definition) is 8. The molecule has 6 nitrogen and oxygen atoms in total. The lowest BCUT2D eigenvalue weighted by atomic mass is 10.2. The molecule has 148 valence electrons. The van der Waals surface area contributed by atoms with Crippen LogP contribution in [0.1, 0.15) is 13.8 Å². The van der Waals surface area contributed by atoms with Gasteiger partial charge in [0.15, 0.2) is 10.1 Å². The molecule has 2 aromatic heterocycles. The van der Waals surface area contributed by atoms with E-state index < -0.39 is 0 Å². The minimum atomic E-state index is 0.616. The van der Waals surface area contributed by atoms with Crippen LogP contribution in [0.2, 0.25) is 0 Å². The normalized spacial score (nSPS) is 11.4. The molecule has 0 spiro atoms. The molecule has 0 aliphatic carbocycles. The van der Waals surface area contributed by atoms with Crippen LogP contribution in [-0.2, 0) is 0 Å². The summed E-state index contributed by atoms with van der Waals surface area (Å²) >= 11 is 3.05. The number of benzene rings is 2. The monoisotopic (exact) mass is 423 g/mol. The van der Waals surface area contributed by atoms with Gasteiger partial charge in [0.25, 0.3) is 0 Å². The van der Waals surface area contributed by atoms with Crippen LogP contribution >= 0.6 is 22.7 Å². The summed E-state index contributed by atoms with van der Waals surface area (Å²) in [5.41, 5.74) is 2.77. The Bertz CT molecular complexity index is 1130. The van der Waals surface area contributed by atoms with Gasteiger partial charge in [-0.25, -0.2) is 9.97 Å². The minimum absolute atomic E-state index is 0.616. The highest BCUT2D eigenvalue weighted by atomic mass is 32.1. The molecule has 0 fully saturated rings. The summed E-state index contributed by atoms with van der Waals surface area (Å²) in [4.78, 5) is 11.6. The Morgan fingerprint density at radius 3 is 2.48 bits per heavy atom. The van der Waals surface area contributed by atoms with Gasteiger partial charge in [-0.2, -0.15) is 0 Å². The molecule has 0 saturated carbocycles. The highest BCUT2D eigenvalue weighted by molar-refractivity contribution is 7.22. The molecule has 2 aromatic carbocycles. The third-order valence-electron chi connectivity index (χ3n) is 4.49. The average molecular weight is 424 g/mol. The van der Waals surface area contributed by atoms with Crippen LogP contribution in [0.15, 0.2) is 58.8 Å². The van der Waals surface area contributed by atoms with E-state index in [4.69, 9.17) is 9.72 Å². The molecular formula is C21H21N5OS2. The fourth-order valence-electron chi connectivity index (χ4n) is 2.93. The van der Waals surface area contributed by atoms with E-state index in [9.17, 15) is 0 Å². The predicted octanol–water partition coefficient (Wildman–Crippen LogP) is 6.69. The van der Waals surface area contributed by atoms with Crippen molar-refractivity contribution in [2.75, 3.05) is 25.1 Å². The number of azo groups is 1. The average Bonchev–Trinajstić information content (AvgIpc) is 3.37. The fraction of sp³-hybridized carbons (Fsp3) is 0.238. The largest absolute Gasteiger partial charge is 0.497 e. The van der Waals surface area contributed by atoms with Crippen LogP contribution in [0.4, 0.5) is 15.3 Å². The zero-order valence-corrected chi connectivity index (χ0v) is 18.1. The highest BCUT2D eigenvalue weighted by Gasteiger charge is 2.16. The summed E-state index contributed by atoms with van der Waals surface area (Å²) in [6.45, 7) is 6.05. The zero-order chi connectivity index (χ0) is 20.2. The van der Waals surface area contributed by atoms with Crippen molar-refractivity contribution in [1.29, 1.82) is 0 Å². The van der Waals surface area contributed by atoms with E-state index >= 15 is 0 Å². The Balaban J connectivity index is 1.71. The molecule has 0 aliphatic heterocycles. The Labute approximate surface area is 177 Å². The molecule has 0 bridgehead atoms. The fourth-order valence-corrected chi connectivity index (χ4v) is 4.79. The third kappa shape index (κ3) is 4.13. The number of rotatable bonds is 7. The van der Waals surface area contributed by atoms with Crippen LogP contribution < -0.4 is 9.64 Å². The number of methoxy groups -OCH3 is 1. The lowest BCUT2D eigenvalue weighted by molar-refractivity contribution is 0.415. The topological polar surface area (TPSA) is 63.0 Å². The molecule has 0 atom stereocenters. The van der Waals surface area contributed by atoms with E-state index in [1.807, 2.05) is 48.5 Å². The smallest absolute Gasteiger partial charge is 0.231 e. The van der Waals surface area contributed by atoms with Crippen LogP contribution in [0.5, 0.6) is 5.75 Å². The second kappa shape index (κ2) is 8.67. The van der Waals surface area contributed by atoms with E-state index in [0.29, 0.717) is 5.13 Å². The van der Waals surface area contributed by atoms with Gasteiger partial charge in [-0.3, -0.25) is 0 Å². The quantitative estimate of drug-likeness (QED) is 0.311. The molecule has 4 aromatic rings. The molecule has 0 aliphatic rings. The van der Waals surface area contributed by atoms with Crippen LogP contribution in [0.3, 0.4) is 0 Å². The van der Waals surface area contributed by atoms with Gasteiger partial charge in [0.1, 0.15) is 11.4 Å². The maximum atomic E-state index is 5.29. The van der Waals surface area contributed by atoms with Gasteiger partial charge in [-0.1, -0.05) is 53.0 Å². The molecule has 0 N–H and O–H groups in total. The van der Waals surface area contributed by atoms with E-state index in [1.165, 1.54) is 11.3 Å². The summed E-state index contributed by atoms with van der Waals surface area (Å²) in [7, 11) is 1.66. The van der Waals surface area contributed by atoms with Crippen molar-refractivity contribution in [1.82, 2.24) is 9.97 Å². The predicted molar refractivity (Wildman–Crippen MR) is 121 cm³/mol. The van der Waals surface area contributed by atoms with Gasteiger partial charge in [0.2, 0.25) is 5.13 Å². The van der Waals surface area contributed by atoms with Crippen LogP contribution in [0, 0.1) is 0 Å². The maximum Gasteiger partial charge on any atom is 0.231 e. The number of nitrogens with zero attached hydrogens (tertiary/aromatic N) is 5. The van der Waals surface area contributed by atoms with Crippen molar-refractivity contribution in [2.45, 2.75) is 13.8 Å². The summed E-state index contributed by atoms with van der Waals surface area (Å²) in [6, 6.07) is 15.9. The molecule has 8 heteroatoms. The third-order valence-corrected chi connectivity index (χ3v) is 6.39. The van der Waals surface area contributed by atoms with Gasteiger partial charge >= 0.3 is 0 Å². The minimum Gasteiger partial charge on any atom is -0.497 e. The van der Waals surface area contributed by atoms with Gasteiger partial charge < -0.3 is 9.64 Å². The van der Waals surface area contributed by atoms with Crippen LogP contribution in [-0.4, -0.2) is 30.2 Å². The second-order valence-corrected chi connectivity index (χ2v) is 8.18. The van der Waals surface area contributed by atoms with Crippen molar-refractivity contribution >= 4 is 48.2 Å². The maximum absolute atomic E-state index is 5.29. The number of thiazole rings is 2. The number of hydrogen-bond donors (Lipinski definition) is 0. The lowest BCUT2D eigenvalue weighted by Crippen LogP contribution is -2.21. The Morgan fingerprint density at radius 2 is 1.76 bits per heavy atom. The molecule has 29 heavy (non-hydrogen) atoms. The Morgan fingerprint density at radius 1 is 0.966 bits per heavy atom. The van der Waals surface area contributed by atoms with E-state index in [-0.39, 0.29) is 0 Å². The van der Waals surface area contributed by atoms with Crippen molar-refractivity contribution in [2.24, 2.45) is 10.2 Å². The molecule has 4 rings (SSSR count). The molecule has 0 saturated heterocycles. The van der Waals surface area contributed by atoms with Gasteiger partial charge in [-0.15, -0.1) is 10.2 Å². The number of aromatic nitrogens is 2. The van der Waals surface area contributed by atoms with Crippen molar-refractivity contribution in [3.8, 4) is 17.0 Å². The van der Waals surface area contributed by atoms with Crippen molar-refractivity contribution in [3.05, 3.63) is 48.5 Å². The SMILES string of the molecule is CCN(CC)c1nc(-c2ccccc2)c(/N=N/c2nc3ccc(OC)cc3s2)s1. The first-order valence-corrected chi connectivity index (χ1v) is 11.0. The van der Waals surface area contributed by atoms with Gasteiger partial charge in [-0.05, 0) is 32.0 Å². The first-order chi connectivity index (χ1) is 14.2. The number of anilines is 1. The van der Waals surface area contributed by atoms with Crippen LogP contribution in [0.25, 0.3) is 21.5 Å². The van der Waals surface area contributed by atoms with E-state index in [2.05, 4.69) is 34.0 Å².